The van der Waals surface area contributed by atoms with Crippen LogP contribution in [0, 0.1) is 0 Å². The van der Waals surface area contributed by atoms with Gasteiger partial charge in [-0.1, -0.05) is 0 Å². The van der Waals surface area contributed by atoms with Crippen molar-refractivity contribution in [3.8, 4) is 0 Å². The van der Waals surface area contributed by atoms with E-state index in [1.54, 1.807) is 0 Å². The molecule has 0 aromatic heterocycles. The Bertz CT molecular complexity index is 25.7. The molecule has 7 heavy (non-hydrogen) atoms. The van der Waals surface area contributed by atoms with Crippen molar-refractivity contribution in [3.63, 3.8) is 0 Å². The summed E-state index contributed by atoms with van der Waals surface area (Å²) in [6, 6.07) is 0. The quantitative estimate of drug-likeness (QED) is 0.474. The monoisotopic (exact) mass is 146 g/mol. The maximum absolute atomic E-state index is 2.02. The topological polar surface area (TPSA) is 0 Å². The summed E-state index contributed by atoms with van der Waals surface area (Å²) in [6.45, 7) is 0. The second-order valence-electron chi connectivity index (χ2n) is 0.966. The molecule has 0 aromatic carbocycles. The van der Waals surface area contributed by atoms with Gasteiger partial charge in [0.2, 0.25) is 0 Å². The van der Waals surface area contributed by atoms with Crippen LogP contribution in [0.25, 0.3) is 0 Å². The van der Waals surface area contributed by atoms with E-state index in [1.807, 2.05) is 35.3 Å². The molecule has 0 aromatic rings. The predicted octanol–water partition coefficient (Wildman–Crippen LogP) is 1.42. The van der Waals surface area contributed by atoms with Crippen LogP contribution in [-0.2, 0) is 0 Å². The Morgan fingerprint density at radius 3 is 1.14 bits per heavy atom. The minimum absolute atomic E-state index is 0. The molecule has 1 fully saturated rings. The molecule has 0 amide bonds. The Morgan fingerprint density at radius 2 is 1.00 bits per heavy atom. The first-order chi connectivity index (χ1) is 3.00. The van der Waals surface area contributed by atoms with Crippen LogP contribution >= 0.6 is 35.3 Å². The summed E-state index contributed by atoms with van der Waals surface area (Å²) in [5.41, 5.74) is 0. The fourth-order valence-electron chi connectivity index (χ4n) is 0.279. The molecule has 0 atom stereocenters. The Morgan fingerprint density at radius 1 is 0.714 bits per heavy atom. The fourth-order valence-corrected chi connectivity index (χ4v) is 4.35. The molecule has 0 nitrogen and oxygen atoms in total. The molecule has 0 radical (unpaired) electrons. The molecule has 1 heterocycles. The van der Waals surface area contributed by atoms with Gasteiger partial charge in [-0.3, -0.25) is 0 Å². The minimum atomic E-state index is 0. The third-order valence-electron chi connectivity index (χ3n) is 0.500. The molecule has 0 unspecified atom stereocenters. The summed E-state index contributed by atoms with van der Waals surface area (Å²) in [7, 11) is 0. The van der Waals surface area contributed by atoms with Crippen molar-refractivity contribution in [1.29, 1.82) is 0 Å². The average Bonchev–Trinajstić information content (AvgIpc) is 1.72. The molecular formula is C3H7LiS3. The summed E-state index contributed by atoms with van der Waals surface area (Å²) in [5, 5.41) is 3.94. The molecule has 38 valence electrons. The van der Waals surface area contributed by atoms with Crippen molar-refractivity contribution < 1.29 is 0 Å². The molecule has 0 spiro atoms. The molecule has 1 aliphatic heterocycles. The summed E-state index contributed by atoms with van der Waals surface area (Å²) in [5.74, 6) is 0. The van der Waals surface area contributed by atoms with Crippen LogP contribution in [-0.4, -0.2) is 34.1 Å². The molecule has 4 heteroatoms. The second-order valence-corrected chi connectivity index (χ2v) is 5.02. The van der Waals surface area contributed by atoms with Crippen LogP contribution in [0.3, 0.4) is 0 Å². The van der Waals surface area contributed by atoms with Gasteiger partial charge in [-0.25, -0.2) is 0 Å². The van der Waals surface area contributed by atoms with E-state index in [4.69, 9.17) is 0 Å². The van der Waals surface area contributed by atoms with Gasteiger partial charge in [0, 0.05) is 15.3 Å². The van der Waals surface area contributed by atoms with E-state index in [2.05, 4.69) is 0 Å². The number of rotatable bonds is 0. The van der Waals surface area contributed by atoms with Gasteiger partial charge in [0.1, 0.15) is 0 Å². The zero-order valence-corrected chi connectivity index (χ0v) is 5.80. The Hall–Kier alpha value is 1.65. The zero-order valence-electron chi connectivity index (χ0n) is 3.35. The van der Waals surface area contributed by atoms with Gasteiger partial charge >= 0.3 is 18.9 Å². The summed E-state index contributed by atoms with van der Waals surface area (Å²) in [6.07, 6.45) is 0. The van der Waals surface area contributed by atoms with E-state index in [0.29, 0.717) is 0 Å². The van der Waals surface area contributed by atoms with E-state index in [1.165, 1.54) is 15.3 Å². The molecule has 0 saturated carbocycles. The summed E-state index contributed by atoms with van der Waals surface area (Å²) < 4.78 is 0. The standard InChI is InChI=1S/C3H6S3.Li.H/c1-4-2-6-3-5-1;;/h1-3H2;;. The van der Waals surface area contributed by atoms with Gasteiger partial charge in [-0.05, 0) is 0 Å². The van der Waals surface area contributed by atoms with E-state index in [0.717, 1.165) is 0 Å². The number of thioether (sulfide) groups is 3. The normalized spacial score (nSPS) is 20.6. The van der Waals surface area contributed by atoms with Crippen LogP contribution in [0.2, 0.25) is 0 Å². The number of hydrogen-bond donors (Lipinski definition) is 0. The van der Waals surface area contributed by atoms with Crippen LogP contribution in [0.15, 0.2) is 0 Å². The number of hydrogen-bond acceptors (Lipinski definition) is 3. The molecule has 0 N–H and O–H groups in total. The SMILES string of the molecule is C1SCSCS1.[LiH]. The van der Waals surface area contributed by atoms with Gasteiger partial charge in [0.25, 0.3) is 0 Å². The van der Waals surface area contributed by atoms with Crippen molar-refractivity contribution in [3.05, 3.63) is 0 Å². The van der Waals surface area contributed by atoms with Crippen molar-refractivity contribution in [2.45, 2.75) is 0 Å². The van der Waals surface area contributed by atoms with Crippen LogP contribution < -0.4 is 0 Å². The maximum atomic E-state index is 2.02. The summed E-state index contributed by atoms with van der Waals surface area (Å²) in [4.78, 5) is 0. The molecule has 1 aliphatic rings. The molecular weight excluding hydrogens is 139 g/mol. The molecule has 1 rings (SSSR count). The van der Waals surface area contributed by atoms with Gasteiger partial charge in [0.15, 0.2) is 0 Å². The Labute approximate surface area is 69.1 Å². The molecule has 0 bridgehead atoms. The van der Waals surface area contributed by atoms with Crippen LogP contribution in [0.5, 0.6) is 0 Å². The second kappa shape index (κ2) is 5.78. The van der Waals surface area contributed by atoms with Gasteiger partial charge in [-0.15, -0.1) is 35.3 Å². The third kappa shape index (κ3) is 4.17. The first kappa shape index (κ1) is 8.65. The van der Waals surface area contributed by atoms with Crippen LogP contribution in [0.4, 0.5) is 0 Å². The molecule has 1 saturated heterocycles. The predicted molar refractivity (Wildman–Crippen MR) is 44.5 cm³/mol. The molecule has 0 aliphatic carbocycles. The van der Waals surface area contributed by atoms with Crippen molar-refractivity contribution in [2.24, 2.45) is 0 Å². The van der Waals surface area contributed by atoms with E-state index >= 15 is 0 Å². The third-order valence-corrected chi connectivity index (χ3v) is 4.50. The average molecular weight is 146 g/mol. The van der Waals surface area contributed by atoms with Crippen LogP contribution in [0.1, 0.15) is 0 Å². The Balaban J connectivity index is 0.000000360. The fraction of sp³-hybridized carbons (Fsp3) is 1.00. The van der Waals surface area contributed by atoms with Crippen molar-refractivity contribution >= 4 is 54.1 Å². The van der Waals surface area contributed by atoms with E-state index in [-0.39, 0.29) is 18.9 Å². The first-order valence-corrected chi connectivity index (χ1v) is 5.20. The van der Waals surface area contributed by atoms with Gasteiger partial charge in [-0.2, -0.15) is 0 Å². The van der Waals surface area contributed by atoms with Crippen molar-refractivity contribution in [1.82, 2.24) is 0 Å². The Kier molecular flexibility index (Phi) is 7.14. The summed E-state index contributed by atoms with van der Waals surface area (Å²) >= 11 is 6.06. The van der Waals surface area contributed by atoms with Crippen molar-refractivity contribution in [2.75, 3.05) is 15.3 Å². The first-order valence-electron chi connectivity index (χ1n) is 1.73. The van der Waals surface area contributed by atoms with Gasteiger partial charge < -0.3 is 0 Å². The van der Waals surface area contributed by atoms with Gasteiger partial charge in [0.05, 0.1) is 0 Å². The van der Waals surface area contributed by atoms with E-state index < -0.39 is 0 Å². The zero-order chi connectivity index (χ0) is 4.24. The van der Waals surface area contributed by atoms with E-state index in [9.17, 15) is 0 Å².